The average Bonchev–Trinajstić information content (AvgIpc) is 2.76. The monoisotopic (exact) mass is 235 g/mol. The van der Waals surface area contributed by atoms with Crippen molar-refractivity contribution >= 4 is 17.3 Å². The quantitative estimate of drug-likeness (QED) is 0.658. The van der Waals surface area contributed by atoms with Crippen LogP contribution < -0.4 is 16.4 Å². The molecule has 1 atom stereocenters. The first-order chi connectivity index (χ1) is 8.15. The molecule has 92 valence electrons. The third-order valence-corrected chi connectivity index (χ3v) is 3.25. The molecule has 0 aliphatic carbocycles. The fraction of sp³-hybridized carbons (Fsp3) is 0.417. The van der Waals surface area contributed by atoms with E-state index in [9.17, 15) is 9.90 Å². The molecule has 1 aromatic rings. The molecule has 2 rings (SSSR count). The molecule has 1 fully saturated rings. The maximum Gasteiger partial charge on any atom is 0.250 e. The Hall–Kier alpha value is -1.75. The maximum absolute atomic E-state index is 11.2. The highest BCUT2D eigenvalue weighted by molar-refractivity contribution is 6.00. The van der Waals surface area contributed by atoms with Crippen LogP contribution in [0, 0.1) is 0 Å². The molecule has 0 saturated carbocycles. The van der Waals surface area contributed by atoms with Gasteiger partial charge < -0.3 is 21.5 Å². The molecule has 1 aliphatic heterocycles. The number of aliphatic hydroxyl groups excluding tert-OH is 1. The van der Waals surface area contributed by atoms with E-state index in [-0.39, 0.29) is 12.6 Å². The second-order valence-electron chi connectivity index (χ2n) is 4.27. The van der Waals surface area contributed by atoms with Crippen molar-refractivity contribution in [3.63, 3.8) is 0 Å². The second-order valence-corrected chi connectivity index (χ2v) is 4.27. The molecular weight excluding hydrogens is 218 g/mol. The largest absolute Gasteiger partial charge is 0.396 e. The van der Waals surface area contributed by atoms with E-state index >= 15 is 0 Å². The third kappa shape index (κ3) is 2.06. The summed E-state index contributed by atoms with van der Waals surface area (Å²) in [7, 11) is 0. The number of nitrogens with zero attached hydrogens (tertiary/aromatic N) is 1. The first-order valence-corrected chi connectivity index (χ1v) is 5.71. The van der Waals surface area contributed by atoms with Crippen molar-refractivity contribution < 1.29 is 9.90 Å². The Morgan fingerprint density at radius 1 is 1.53 bits per heavy atom. The predicted octanol–water partition coefficient (Wildman–Crippen LogP) is 0.329. The SMILES string of the molecule is NC(=O)c1cccc(N2CCCC2CO)c1N. The topological polar surface area (TPSA) is 92.6 Å². The van der Waals surface area contributed by atoms with Crippen molar-refractivity contribution in [1.29, 1.82) is 0 Å². The molecule has 0 aromatic heterocycles. The van der Waals surface area contributed by atoms with Gasteiger partial charge in [-0.1, -0.05) is 6.07 Å². The van der Waals surface area contributed by atoms with E-state index in [4.69, 9.17) is 11.5 Å². The minimum Gasteiger partial charge on any atom is -0.396 e. The normalized spacial score (nSPS) is 19.6. The van der Waals surface area contributed by atoms with Crippen molar-refractivity contribution in [1.82, 2.24) is 0 Å². The standard InChI is InChI=1S/C12H17N3O2/c13-11-9(12(14)17)4-1-5-10(11)15-6-2-3-8(15)7-16/h1,4-5,8,16H,2-3,6-7,13H2,(H2,14,17). The number of rotatable bonds is 3. The van der Waals surface area contributed by atoms with E-state index in [0.717, 1.165) is 25.1 Å². The molecule has 1 aromatic carbocycles. The zero-order valence-corrected chi connectivity index (χ0v) is 9.60. The summed E-state index contributed by atoms with van der Waals surface area (Å²) in [6.45, 7) is 0.942. The number of aliphatic hydroxyl groups is 1. The number of amides is 1. The van der Waals surface area contributed by atoms with Gasteiger partial charge in [0, 0.05) is 6.54 Å². The zero-order chi connectivity index (χ0) is 12.4. The van der Waals surface area contributed by atoms with Gasteiger partial charge in [0.1, 0.15) is 0 Å². The van der Waals surface area contributed by atoms with Crippen LogP contribution in [0.4, 0.5) is 11.4 Å². The molecule has 1 saturated heterocycles. The molecule has 5 nitrogen and oxygen atoms in total. The maximum atomic E-state index is 11.2. The van der Waals surface area contributed by atoms with Crippen LogP contribution in [0.3, 0.4) is 0 Å². The lowest BCUT2D eigenvalue weighted by molar-refractivity contribution is 0.100. The van der Waals surface area contributed by atoms with Gasteiger partial charge in [-0.15, -0.1) is 0 Å². The summed E-state index contributed by atoms with van der Waals surface area (Å²) in [5.41, 5.74) is 12.8. The van der Waals surface area contributed by atoms with E-state index in [1.54, 1.807) is 12.1 Å². The number of carbonyl (C=O) groups is 1. The van der Waals surface area contributed by atoms with Crippen LogP contribution in [0.5, 0.6) is 0 Å². The molecule has 1 aliphatic rings. The van der Waals surface area contributed by atoms with Crippen LogP contribution in [0.2, 0.25) is 0 Å². The summed E-state index contributed by atoms with van der Waals surface area (Å²) < 4.78 is 0. The van der Waals surface area contributed by atoms with E-state index in [1.807, 2.05) is 11.0 Å². The second kappa shape index (κ2) is 4.63. The van der Waals surface area contributed by atoms with Crippen LogP contribution in [-0.2, 0) is 0 Å². The molecule has 5 heteroatoms. The predicted molar refractivity (Wildman–Crippen MR) is 66.8 cm³/mol. The number of nitrogen functional groups attached to an aromatic ring is 1. The molecule has 0 radical (unpaired) electrons. The Labute approximate surface area is 100 Å². The Bertz CT molecular complexity index is 434. The molecule has 1 amide bonds. The average molecular weight is 235 g/mol. The number of primary amides is 1. The zero-order valence-electron chi connectivity index (χ0n) is 9.60. The number of hydrogen-bond acceptors (Lipinski definition) is 4. The van der Waals surface area contributed by atoms with Gasteiger partial charge >= 0.3 is 0 Å². The Morgan fingerprint density at radius 3 is 2.94 bits per heavy atom. The number of carbonyl (C=O) groups excluding carboxylic acids is 1. The van der Waals surface area contributed by atoms with Crippen LogP contribution >= 0.6 is 0 Å². The van der Waals surface area contributed by atoms with Gasteiger partial charge in [-0.3, -0.25) is 4.79 Å². The van der Waals surface area contributed by atoms with Gasteiger partial charge in [0.05, 0.1) is 29.6 Å². The van der Waals surface area contributed by atoms with Crippen LogP contribution in [0.1, 0.15) is 23.2 Å². The summed E-state index contributed by atoms with van der Waals surface area (Å²) in [6.07, 6.45) is 1.96. The molecular formula is C12H17N3O2. The smallest absolute Gasteiger partial charge is 0.250 e. The van der Waals surface area contributed by atoms with Gasteiger partial charge in [-0.25, -0.2) is 0 Å². The molecule has 1 heterocycles. The van der Waals surface area contributed by atoms with Crippen molar-refractivity contribution in [2.24, 2.45) is 5.73 Å². The summed E-state index contributed by atoms with van der Waals surface area (Å²) in [5.74, 6) is -0.524. The first kappa shape index (κ1) is 11.7. The molecule has 1 unspecified atom stereocenters. The highest BCUT2D eigenvalue weighted by atomic mass is 16.3. The van der Waals surface area contributed by atoms with E-state index in [0.29, 0.717) is 11.3 Å². The van der Waals surface area contributed by atoms with Crippen molar-refractivity contribution in [3.8, 4) is 0 Å². The Balaban J connectivity index is 2.38. The Kier molecular flexibility index (Phi) is 3.19. The number of para-hydroxylation sites is 1. The minimum atomic E-state index is -0.524. The van der Waals surface area contributed by atoms with Gasteiger partial charge in [0.25, 0.3) is 5.91 Å². The summed E-state index contributed by atoms with van der Waals surface area (Å²) >= 11 is 0. The first-order valence-electron chi connectivity index (χ1n) is 5.71. The summed E-state index contributed by atoms with van der Waals surface area (Å²) in [4.78, 5) is 13.3. The van der Waals surface area contributed by atoms with E-state index in [2.05, 4.69) is 0 Å². The van der Waals surface area contributed by atoms with E-state index < -0.39 is 5.91 Å². The number of anilines is 2. The van der Waals surface area contributed by atoms with Gasteiger partial charge in [-0.05, 0) is 25.0 Å². The molecule has 0 spiro atoms. The highest BCUT2D eigenvalue weighted by Crippen LogP contribution is 2.32. The van der Waals surface area contributed by atoms with Crippen molar-refractivity contribution in [2.45, 2.75) is 18.9 Å². The van der Waals surface area contributed by atoms with Crippen LogP contribution in [0.25, 0.3) is 0 Å². The lowest BCUT2D eigenvalue weighted by Crippen LogP contribution is -2.33. The third-order valence-electron chi connectivity index (χ3n) is 3.25. The van der Waals surface area contributed by atoms with Gasteiger partial charge in [-0.2, -0.15) is 0 Å². The fourth-order valence-electron chi connectivity index (χ4n) is 2.36. The summed E-state index contributed by atoms with van der Waals surface area (Å²) in [6, 6.07) is 5.32. The molecule has 17 heavy (non-hydrogen) atoms. The van der Waals surface area contributed by atoms with Gasteiger partial charge in [0.2, 0.25) is 0 Å². The van der Waals surface area contributed by atoms with Crippen LogP contribution in [-0.4, -0.2) is 30.2 Å². The Morgan fingerprint density at radius 2 is 2.29 bits per heavy atom. The number of hydrogen-bond donors (Lipinski definition) is 3. The number of nitrogens with two attached hydrogens (primary N) is 2. The van der Waals surface area contributed by atoms with Crippen molar-refractivity contribution in [2.75, 3.05) is 23.8 Å². The van der Waals surface area contributed by atoms with E-state index in [1.165, 1.54) is 0 Å². The van der Waals surface area contributed by atoms with Crippen molar-refractivity contribution in [3.05, 3.63) is 23.8 Å². The lowest BCUT2D eigenvalue weighted by atomic mass is 10.1. The number of benzene rings is 1. The minimum absolute atomic E-state index is 0.0837. The molecule has 5 N–H and O–H groups in total. The molecule has 0 bridgehead atoms. The highest BCUT2D eigenvalue weighted by Gasteiger charge is 2.26. The summed E-state index contributed by atoms with van der Waals surface area (Å²) in [5, 5.41) is 9.29. The fourth-order valence-corrected chi connectivity index (χ4v) is 2.36. The van der Waals surface area contributed by atoms with Crippen LogP contribution in [0.15, 0.2) is 18.2 Å². The van der Waals surface area contributed by atoms with Gasteiger partial charge in [0.15, 0.2) is 0 Å². The lowest BCUT2D eigenvalue weighted by Gasteiger charge is -2.27.